The van der Waals surface area contributed by atoms with Crippen LogP contribution >= 0.6 is 0 Å². The van der Waals surface area contributed by atoms with Gasteiger partial charge in [0.1, 0.15) is 0 Å². The van der Waals surface area contributed by atoms with E-state index in [9.17, 15) is 5.11 Å². The van der Waals surface area contributed by atoms with Crippen LogP contribution in [0.4, 0.5) is 0 Å². The minimum absolute atomic E-state index is 0.455. The van der Waals surface area contributed by atoms with Gasteiger partial charge in [-0.25, -0.2) is 0 Å². The Bertz CT molecular complexity index is 111. The zero-order valence-electron chi connectivity index (χ0n) is 8.27. The van der Waals surface area contributed by atoms with Crippen molar-refractivity contribution in [3.63, 3.8) is 0 Å². The molecule has 0 saturated carbocycles. The van der Waals surface area contributed by atoms with E-state index < -0.39 is 11.2 Å². The monoisotopic (exact) mass is 160 g/mol. The van der Waals surface area contributed by atoms with E-state index in [4.69, 9.17) is 4.74 Å². The first-order valence-corrected chi connectivity index (χ1v) is 4.17. The fourth-order valence-electron chi connectivity index (χ4n) is 0.534. The van der Waals surface area contributed by atoms with Crippen LogP contribution in [-0.2, 0) is 4.74 Å². The Labute approximate surface area is 69.6 Å². The maximum absolute atomic E-state index is 9.65. The fraction of sp³-hybridized carbons (Fsp3) is 1.00. The Morgan fingerprint density at radius 2 is 1.64 bits per heavy atom. The van der Waals surface area contributed by atoms with E-state index in [1.54, 1.807) is 13.8 Å². The molecule has 0 saturated heterocycles. The van der Waals surface area contributed by atoms with Crippen LogP contribution in [0.2, 0.25) is 0 Å². The highest BCUT2D eigenvalue weighted by atomic mass is 16.5. The molecule has 0 aliphatic carbocycles. The Morgan fingerprint density at radius 3 is 1.91 bits per heavy atom. The van der Waals surface area contributed by atoms with Gasteiger partial charge in [0.05, 0.1) is 11.2 Å². The quantitative estimate of drug-likeness (QED) is 0.681. The molecule has 0 aromatic carbocycles. The van der Waals surface area contributed by atoms with Crippen molar-refractivity contribution in [2.24, 2.45) is 0 Å². The summed E-state index contributed by atoms with van der Waals surface area (Å²) in [6.45, 7) is 10.1. The normalized spacial score (nSPS) is 13.6. The van der Waals surface area contributed by atoms with Gasteiger partial charge in [-0.15, -0.1) is 0 Å². The summed E-state index contributed by atoms with van der Waals surface area (Å²) < 4.78 is 5.49. The highest BCUT2D eigenvalue weighted by Crippen LogP contribution is 2.24. The van der Waals surface area contributed by atoms with Crippen molar-refractivity contribution in [1.29, 1.82) is 0 Å². The van der Waals surface area contributed by atoms with E-state index in [-0.39, 0.29) is 0 Å². The van der Waals surface area contributed by atoms with Crippen molar-refractivity contribution in [1.82, 2.24) is 0 Å². The average molecular weight is 160 g/mol. The average Bonchev–Trinajstić information content (AvgIpc) is 1.81. The van der Waals surface area contributed by atoms with Gasteiger partial charge >= 0.3 is 0 Å². The molecule has 2 heteroatoms. The molecule has 0 atom stereocenters. The Hall–Kier alpha value is -0.0800. The van der Waals surface area contributed by atoms with Crippen molar-refractivity contribution in [3.8, 4) is 0 Å². The summed E-state index contributed by atoms with van der Waals surface area (Å²) in [6.07, 6.45) is 0.986. The summed E-state index contributed by atoms with van der Waals surface area (Å²) in [7, 11) is 0. The summed E-state index contributed by atoms with van der Waals surface area (Å²) >= 11 is 0. The number of ether oxygens (including phenoxy) is 1. The number of rotatable bonds is 4. The third kappa shape index (κ3) is 3.21. The molecule has 0 unspecified atom stereocenters. The molecule has 68 valence electrons. The number of aliphatic hydroxyl groups is 1. The Balaban J connectivity index is 4.00. The first-order valence-electron chi connectivity index (χ1n) is 4.17. The molecule has 0 bridgehead atoms. The summed E-state index contributed by atoms with van der Waals surface area (Å²) in [5, 5.41) is 9.65. The van der Waals surface area contributed by atoms with Gasteiger partial charge < -0.3 is 9.84 Å². The van der Waals surface area contributed by atoms with Crippen LogP contribution in [0, 0.1) is 0 Å². The van der Waals surface area contributed by atoms with E-state index in [2.05, 4.69) is 6.92 Å². The maximum Gasteiger partial charge on any atom is 0.0906 e. The SMILES string of the molecule is CCCOC(C)(C)C(C)(C)O. The molecule has 0 rings (SSSR count). The third-order valence-corrected chi connectivity index (χ3v) is 2.14. The number of hydrogen-bond donors (Lipinski definition) is 1. The zero-order valence-corrected chi connectivity index (χ0v) is 8.27. The second-order valence-corrected chi connectivity index (χ2v) is 3.92. The van der Waals surface area contributed by atoms with Crippen LogP contribution < -0.4 is 0 Å². The summed E-state index contributed by atoms with van der Waals surface area (Å²) in [5.74, 6) is 0. The lowest BCUT2D eigenvalue weighted by atomic mass is 9.89. The van der Waals surface area contributed by atoms with Crippen LogP contribution in [0.15, 0.2) is 0 Å². The zero-order chi connectivity index (χ0) is 9.12. The van der Waals surface area contributed by atoms with Gasteiger partial charge in [0.25, 0.3) is 0 Å². The molecule has 0 amide bonds. The molecule has 1 N–H and O–H groups in total. The van der Waals surface area contributed by atoms with Crippen molar-refractivity contribution < 1.29 is 9.84 Å². The fourth-order valence-corrected chi connectivity index (χ4v) is 0.534. The second-order valence-electron chi connectivity index (χ2n) is 3.92. The molecule has 0 aliphatic rings. The lowest BCUT2D eigenvalue weighted by molar-refractivity contribution is -0.147. The molecule has 0 aromatic heterocycles. The Morgan fingerprint density at radius 1 is 1.18 bits per heavy atom. The first-order chi connectivity index (χ1) is 4.81. The van der Waals surface area contributed by atoms with Crippen molar-refractivity contribution in [3.05, 3.63) is 0 Å². The Kier molecular flexibility index (Phi) is 3.52. The van der Waals surface area contributed by atoms with Gasteiger partial charge in [-0.1, -0.05) is 6.92 Å². The standard InChI is InChI=1S/C9H20O2/c1-6-7-11-9(4,5)8(2,3)10/h10H,6-7H2,1-5H3. The van der Waals surface area contributed by atoms with Gasteiger partial charge in [0, 0.05) is 6.61 Å². The molecule has 0 aromatic rings. The molecular weight excluding hydrogens is 140 g/mol. The molecular formula is C9H20O2. The van der Waals surface area contributed by atoms with Gasteiger partial charge in [0.2, 0.25) is 0 Å². The van der Waals surface area contributed by atoms with E-state index in [1.165, 1.54) is 0 Å². The highest BCUT2D eigenvalue weighted by Gasteiger charge is 2.35. The maximum atomic E-state index is 9.65. The van der Waals surface area contributed by atoms with Crippen LogP contribution in [-0.4, -0.2) is 22.9 Å². The van der Waals surface area contributed by atoms with Gasteiger partial charge in [-0.3, -0.25) is 0 Å². The van der Waals surface area contributed by atoms with Gasteiger partial charge in [-0.2, -0.15) is 0 Å². The minimum atomic E-state index is -0.776. The molecule has 0 aliphatic heterocycles. The van der Waals surface area contributed by atoms with E-state index in [0.29, 0.717) is 6.61 Å². The summed E-state index contributed by atoms with van der Waals surface area (Å²) in [4.78, 5) is 0. The largest absolute Gasteiger partial charge is 0.387 e. The van der Waals surface area contributed by atoms with Crippen molar-refractivity contribution in [2.45, 2.75) is 52.2 Å². The molecule has 0 spiro atoms. The summed E-state index contributed by atoms with van der Waals surface area (Å²) in [5.41, 5.74) is -1.23. The van der Waals surface area contributed by atoms with Crippen LogP contribution in [0.5, 0.6) is 0 Å². The lowest BCUT2D eigenvalue weighted by Gasteiger charge is -2.36. The molecule has 0 heterocycles. The third-order valence-electron chi connectivity index (χ3n) is 2.14. The minimum Gasteiger partial charge on any atom is -0.387 e. The van der Waals surface area contributed by atoms with Gasteiger partial charge in [-0.05, 0) is 34.1 Å². The second kappa shape index (κ2) is 3.55. The van der Waals surface area contributed by atoms with Crippen molar-refractivity contribution in [2.75, 3.05) is 6.61 Å². The van der Waals surface area contributed by atoms with E-state index in [1.807, 2.05) is 13.8 Å². The van der Waals surface area contributed by atoms with Crippen molar-refractivity contribution >= 4 is 0 Å². The number of hydrogen-bond acceptors (Lipinski definition) is 2. The highest BCUT2D eigenvalue weighted by molar-refractivity contribution is 4.87. The van der Waals surface area contributed by atoms with E-state index in [0.717, 1.165) is 6.42 Å². The van der Waals surface area contributed by atoms with E-state index >= 15 is 0 Å². The lowest BCUT2D eigenvalue weighted by Crippen LogP contribution is -2.47. The van der Waals surface area contributed by atoms with Crippen LogP contribution in [0.3, 0.4) is 0 Å². The summed E-state index contributed by atoms with van der Waals surface area (Å²) in [6, 6.07) is 0. The molecule has 0 radical (unpaired) electrons. The van der Waals surface area contributed by atoms with Crippen LogP contribution in [0.1, 0.15) is 41.0 Å². The molecule has 2 nitrogen and oxygen atoms in total. The van der Waals surface area contributed by atoms with Crippen LogP contribution in [0.25, 0.3) is 0 Å². The molecule has 0 fully saturated rings. The smallest absolute Gasteiger partial charge is 0.0906 e. The topological polar surface area (TPSA) is 29.5 Å². The van der Waals surface area contributed by atoms with Gasteiger partial charge in [0.15, 0.2) is 0 Å². The first kappa shape index (κ1) is 10.9. The predicted molar refractivity (Wildman–Crippen MR) is 46.6 cm³/mol. The predicted octanol–water partition coefficient (Wildman–Crippen LogP) is 1.96. The molecule has 11 heavy (non-hydrogen) atoms.